The maximum atomic E-state index is 12.6. The zero-order chi connectivity index (χ0) is 24.3. The molecule has 3 rings (SSSR count). The number of hydrogen-bond acceptors (Lipinski definition) is 6. The van der Waals surface area contributed by atoms with Gasteiger partial charge in [0.2, 0.25) is 0 Å². The van der Waals surface area contributed by atoms with E-state index >= 15 is 0 Å². The minimum atomic E-state index is -0.945. The molecule has 0 aromatic heterocycles. The monoisotopic (exact) mass is 523 g/mol. The van der Waals surface area contributed by atoms with Crippen LogP contribution in [-0.4, -0.2) is 30.6 Å². The number of carbonyl (C=O) groups excluding carboxylic acids is 3. The molecule has 0 atom stereocenters. The van der Waals surface area contributed by atoms with E-state index in [4.69, 9.17) is 9.47 Å². The number of nitrogens with zero attached hydrogens (tertiary/aromatic N) is 1. The second kappa shape index (κ2) is 12.3. The highest BCUT2D eigenvalue weighted by Crippen LogP contribution is 2.23. The molecule has 8 nitrogen and oxygen atoms in total. The number of hydrazone groups is 1. The number of benzene rings is 3. The molecule has 0 aliphatic heterocycles. The fourth-order valence-corrected chi connectivity index (χ4v) is 3.08. The predicted molar refractivity (Wildman–Crippen MR) is 132 cm³/mol. The summed E-state index contributed by atoms with van der Waals surface area (Å²) in [5.41, 5.74) is 3.40. The van der Waals surface area contributed by atoms with E-state index in [2.05, 4.69) is 31.8 Å². The minimum absolute atomic E-state index is 0.228. The lowest BCUT2D eigenvalue weighted by atomic mass is 10.2. The van der Waals surface area contributed by atoms with Crippen LogP contribution < -0.4 is 20.2 Å². The zero-order valence-corrected chi connectivity index (χ0v) is 19.9. The van der Waals surface area contributed by atoms with E-state index in [1.807, 2.05) is 6.92 Å². The van der Waals surface area contributed by atoms with E-state index in [1.54, 1.807) is 72.8 Å². The third kappa shape index (κ3) is 7.28. The molecule has 0 bridgehead atoms. The summed E-state index contributed by atoms with van der Waals surface area (Å²) >= 11 is 3.35. The molecule has 0 saturated carbocycles. The van der Waals surface area contributed by atoms with Gasteiger partial charge in [0.1, 0.15) is 11.5 Å². The van der Waals surface area contributed by atoms with Gasteiger partial charge in [0.15, 0.2) is 0 Å². The molecule has 0 fully saturated rings. The van der Waals surface area contributed by atoms with Gasteiger partial charge in [-0.3, -0.25) is 9.59 Å². The van der Waals surface area contributed by atoms with Crippen molar-refractivity contribution in [1.82, 2.24) is 5.43 Å². The van der Waals surface area contributed by atoms with Crippen molar-refractivity contribution in [3.63, 3.8) is 0 Å². The largest absolute Gasteiger partial charge is 0.494 e. The summed E-state index contributed by atoms with van der Waals surface area (Å²) in [4.78, 5) is 36.6. The summed E-state index contributed by atoms with van der Waals surface area (Å²) in [7, 11) is 0. The van der Waals surface area contributed by atoms with E-state index in [1.165, 1.54) is 6.21 Å². The number of para-hydroxylation sites is 1. The Morgan fingerprint density at radius 1 is 0.971 bits per heavy atom. The first-order valence-electron chi connectivity index (χ1n) is 10.4. The number of halogens is 1. The molecule has 0 heterocycles. The van der Waals surface area contributed by atoms with Crippen LogP contribution in [-0.2, 0) is 9.59 Å². The summed E-state index contributed by atoms with van der Waals surface area (Å²) < 4.78 is 11.7. The van der Waals surface area contributed by atoms with Crippen molar-refractivity contribution < 1.29 is 23.9 Å². The standard InChI is InChI=1S/C25H22BrN3O5/c1-2-14-33-21-11-8-17(9-12-21)25(32)34-22-13-10-19(26)15-18(22)16-27-29-24(31)23(30)28-20-6-4-3-5-7-20/h3-13,15-16H,2,14H2,1H3,(H,28,30)(H,29,31). The lowest BCUT2D eigenvalue weighted by molar-refractivity contribution is -0.136. The number of rotatable bonds is 8. The number of nitrogens with one attached hydrogen (secondary N) is 2. The lowest BCUT2D eigenvalue weighted by Crippen LogP contribution is -2.32. The Labute approximate surface area is 205 Å². The highest BCUT2D eigenvalue weighted by atomic mass is 79.9. The highest BCUT2D eigenvalue weighted by Gasteiger charge is 2.14. The van der Waals surface area contributed by atoms with Crippen LogP contribution in [0.4, 0.5) is 5.69 Å². The van der Waals surface area contributed by atoms with Crippen LogP contribution in [0.25, 0.3) is 0 Å². The van der Waals surface area contributed by atoms with Gasteiger partial charge >= 0.3 is 17.8 Å². The van der Waals surface area contributed by atoms with Gasteiger partial charge in [-0.25, -0.2) is 10.2 Å². The Morgan fingerprint density at radius 3 is 2.41 bits per heavy atom. The maximum absolute atomic E-state index is 12.6. The molecule has 34 heavy (non-hydrogen) atoms. The van der Waals surface area contributed by atoms with Crippen LogP contribution in [0.5, 0.6) is 11.5 Å². The molecule has 3 aromatic carbocycles. The van der Waals surface area contributed by atoms with E-state index in [9.17, 15) is 14.4 Å². The van der Waals surface area contributed by atoms with Gasteiger partial charge in [0.25, 0.3) is 0 Å². The van der Waals surface area contributed by atoms with E-state index in [-0.39, 0.29) is 5.75 Å². The van der Waals surface area contributed by atoms with E-state index < -0.39 is 17.8 Å². The summed E-state index contributed by atoms with van der Waals surface area (Å²) in [6.45, 7) is 2.60. The molecule has 0 radical (unpaired) electrons. The molecule has 2 amide bonds. The Bertz CT molecular complexity index is 1180. The summed E-state index contributed by atoms with van der Waals surface area (Å²) in [5.74, 6) is -1.48. The smallest absolute Gasteiger partial charge is 0.343 e. The van der Waals surface area contributed by atoms with Gasteiger partial charge in [-0.1, -0.05) is 41.1 Å². The van der Waals surface area contributed by atoms with Gasteiger partial charge in [0.05, 0.1) is 18.4 Å². The van der Waals surface area contributed by atoms with Crippen molar-refractivity contribution >= 4 is 45.6 Å². The normalized spacial score (nSPS) is 10.5. The predicted octanol–water partition coefficient (Wildman–Crippen LogP) is 4.55. The van der Waals surface area contributed by atoms with Gasteiger partial charge in [0, 0.05) is 15.7 Å². The first-order chi connectivity index (χ1) is 16.5. The zero-order valence-electron chi connectivity index (χ0n) is 18.3. The summed E-state index contributed by atoms with van der Waals surface area (Å²) in [6, 6.07) is 20.1. The molecular formula is C25H22BrN3O5. The molecule has 0 saturated heterocycles. The van der Waals surface area contributed by atoms with Crippen molar-refractivity contribution in [3.8, 4) is 11.5 Å². The van der Waals surface area contributed by atoms with Crippen molar-refractivity contribution in [2.24, 2.45) is 5.10 Å². The highest BCUT2D eigenvalue weighted by molar-refractivity contribution is 9.10. The molecule has 0 spiro atoms. The molecule has 0 aliphatic rings. The number of hydrogen-bond donors (Lipinski definition) is 2. The summed E-state index contributed by atoms with van der Waals surface area (Å²) in [5, 5.41) is 6.27. The Hall–Kier alpha value is -3.98. The van der Waals surface area contributed by atoms with Crippen LogP contribution in [0.3, 0.4) is 0 Å². The fourth-order valence-electron chi connectivity index (χ4n) is 2.70. The first-order valence-corrected chi connectivity index (χ1v) is 11.2. The van der Waals surface area contributed by atoms with Gasteiger partial charge < -0.3 is 14.8 Å². The Kier molecular flexibility index (Phi) is 8.93. The number of carbonyl (C=O) groups is 3. The third-order valence-electron chi connectivity index (χ3n) is 4.34. The quantitative estimate of drug-likeness (QED) is 0.148. The van der Waals surface area contributed by atoms with Crippen molar-refractivity contribution in [1.29, 1.82) is 0 Å². The average molecular weight is 524 g/mol. The topological polar surface area (TPSA) is 106 Å². The molecule has 0 unspecified atom stereocenters. The first kappa shape index (κ1) is 24.7. The molecular weight excluding hydrogens is 502 g/mol. The van der Waals surface area contributed by atoms with Crippen molar-refractivity contribution in [2.45, 2.75) is 13.3 Å². The van der Waals surface area contributed by atoms with Gasteiger partial charge in [-0.15, -0.1) is 0 Å². The van der Waals surface area contributed by atoms with Crippen LogP contribution in [0.2, 0.25) is 0 Å². The van der Waals surface area contributed by atoms with Crippen LogP contribution in [0.1, 0.15) is 29.3 Å². The van der Waals surface area contributed by atoms with Crippen LogP contribution >= 0.6 is 15.9 Å². The second-order valence-electron chi connectivity index (χ2n) is 6.96. The maximum Gasteiger partial charge on any atom is 0.343 e. The van der Waals surface area contributed by atoms with Crippen LogP contribution in [0, 0.1) is 0 Å². The lowest BCUT2D eigenvalue weighted by Gasteiger charge is -2.09. The molecule has 9 heteroatoms. The number of anilines is 1. The molecule has 0 aliphatic carbocycles. The van der Waals surface area contributed by atoms with Gasteiger partial charge in [-0.05, 0) is 61.0 Å². The number of esters is 1. The number of ether oxygens (including phenoxy) is 2. The molecule has 2 N–H and O–H groups in total. The van der Waals surface area contributed by atoms with E-state index in [0.717, 1.165) is 6.42 Å². The average Bonchev–Trinajstić information content (AvgIpc) is 2.85. The van der Waals surface area contributed by atoms with Crippen molar-refractivity contribution in [3.05, 3.63) is 88.4 Å². The second-order valence-corrected chi connectivity index (χ2v) is 7.88. The Balaban J connectivity index is 1.63. The minimum Gasteiger partial charge on any atom is -0.494 e. The third-order valence-corrected chi connectivity index (χ3v) is 4.84. The molecule has 3 aromatic rings. The number of amides is 2. The SMILES string of the molecule is CCCOc1ccc(C(=O)Oc2ccc(Br)cc2C=NNC(=O)C(=O)Nc2ccccc2)cc1. The fraction of sp³-hybridized carbons (Fsp3) is 0.120. The van der Waals surface area contributed by atoms with Crippen LogP contribution in [0.15, 0.2) is 82.4 Å². The van der Waals surface area contributed by atoms with Gasteiger partial charge in [-0.2, -0.15) is 5.10 Å². The molecule has 174 valence electrons. The Morgan fingerprint density at radius 2 is 1.71 bits per heavy atom. The van der Waals surface area contributed by atoms with E-state index in [0.29, 0.717) is 33.6 Å². The van der Waals surface area contributed by atoms with Crippen molar-refractivity contribution in [2.75, 3.05) is 11.9 Å². The summed E-state index contributed by atoms with van der Waals surface area (Å²) in [6.07, 6.45) is 2.17.